The minimum absolute atomic E-state index is 1.15. The van der Waals surface area contributed by atoms with Gasteiger partial charge in [-0.25, -0.2) is 0 Å². The van der Waals surface area contributed by atoms with Gasteiger partial charge in [0.15, 0.2) is 0 Å². The number of hydrogen-bond acceptors (Lipinski definition) is 1. The van der Waals surface area contributed by atoms with Crippen molar-refractivity contribution in [2.45, 2.75) is 97.8 Å². The van der Waals surface area contributed by atoms with Gasteiger partial charge in [0.05, 0.1) is 0 Å². The molecule has 0 aliphatic rings. The first kappa shape index (κ1) is 20.7. The zero-order valence-corrected chi connectivity index (χ0v) is 15.2. The van der Waals surface area contributed by atoms with Gasteiger partial charge in [0.1, 0.15) is 0 Å². The Morgan fingerprint density at radius 1 is 0.619 bits per heavy atom. The van der Waals surface area contributed by atoms with Crippen LogP contribution in [0.25, 0.3) is 0 Å². The Morgan fingerprint density at radius 3 is 1.48 bits per heavy atom. The van der Waals surface area contributed by atoms with E-state index in [1.807, 2.05) is 0 Å². The van der Waals surface area contributed by atoms with Crippen LogP contribution in [-0.2, 0) is 0 Å². The topological polar surface area (TPSA) is 3.24 Å². The molecule has 0 fully saturated rings. The fraction of sp³-hybridized carbons (Fsp3) is 0.900. The first-order chi connectivity index (χ1) is 10.3. The zero-order chi connectivity index (χ0) is 15.6. The lowest BCUT2D eigenvalue weighted by atomic mass is 10.1. The molecule has 0 saturated carbocycles. The summed E-state index contributed by atoms with van der Waals surface area (Å²) in [5.74, 6) is 0. The van der Waals surface area contributed by atoms with E-state index >= 15 is 0 Å². The summed E-state index contributed by atoms with van der Waals surface area (Å²) in [6.07, 6.45) is 21.4. The molecule has 0 aromatic rings. The highest BCUT2D eigenvalue weighted by Gasteiger charge is 2.02. The quantitative estimate of drug-likeness (QED) is 0.229. The normalized spacial score (nSPS) is 11.8. The molecule has 0 heterocycles. The Labute approximate surface area is 135 Å². The summed E-state index contributed by atoms with van der Waals surface area (Å²) in [6, 6.07) is 0. The van der Waals surface area contributed by atoms with Gasteiger partial charge in [-0.3, -0.25) is 4.90 Å². The van der Waals surface area contributed by atoms with Crippen molar-refractivity contribution in [3.63, 3.8) is 0 Å². The molecule has 0 aromatic carbocycles. The van der Waals surface area contributed by atoms with E-state index in [4.69, 9.17) is 0 Å². The van der Waals surface area contributed by atoms with Gasteiger partial charge in [0, 0.05) is 6.54 Å². The minimum atomic E-state index is 1.15. The van der Waals surface area contributed by atoms with E-state index < -0.39 is 0 Å². The Morgan fingerprint density at radius 2 is 1.05 bits per heavy atom. The molecule has 0 atom stereocenters. The Kier molecular flexibility index (Phi) is 17.5. The molecule has 0 unspecified atom stereocenters. The summed E-state index contributed by atoms with van der Waals surface area (Å²) in [6.45, 7) is 10.5. The summed E-state index contributed by atoms with van der Waals surface area (Å²) in [5.41, 5.74) is 0. The third-order valence-electron chi connectivity index (χ3n) is 4.26. The number of unbranched alkanes of at least 4 members (excludes halogenated alkanes) is 10. The third kappa shape index (κ3) is 15.9. The van der Waals surface area contributed by atoms with Crippen molar-refractivity contribution in [1.82, 2.24) is 4.90 Å². The van der Waals surface area contributed by atoms with Gasteiger partial charge in [-0.15, -0.1) is 0 Å². The summed E-state index contributed by atoms with van der Waals surface area (Å²) >= 11 is 0. The van der Waals surface area contributed by atoms with E-state index in [1.165, 1.54) is 90.1 Å². The molecule has 0 spiro atoms. The summed E-state index contributed by atoms with van der Waals surface area (Å²) in [5, 5.41) is 0. The van der Waals surface area contributed by atoms with Crippen LogP contribution in [0, 0.1) is 0 Å². The molecular formula is C20H41N. The first-order valence-corrected chi connectivity index (χ1v) is 9.68. The summed E-state index contributed by atoms with van der Waals surface area (Å²) in [7, 11) is 0. The second kappa shape index (κ2) is 17.8. The van der Waals surface area contributed by atoms with Crippen molar-refractivity contribution in [3.05, 3.63) is 12.2 Å². The molecule has 0 bridgehead atoms. The van der Waals surface area contributed by atoms with E-state index in [0.29, 0.717) is 0 Å². The SMILES string of the molecule is C/C=C/CN(CCCCCCCC)CCCCCCCC. The maximum absolute atomic E-state index is 2.65. The lowest BCUT2D eigenvalue weighted by Gasteiger charge is -2.20. The highest BCUT2D eigenvalue weighted by molar-refractivity contribution is 4.81. The fourth-order valence-corrected chi connectivity index (χ4v) is 2.78. The molecule has 0 radical (unpaired) electrons. The van der Waals surface area contributed by atoms with Gasteiger partial charge < -0.3 is 0 Å². The monoisotopic (exact) mass is 295 g/mol. The van der Waals surface area contributed by atoms with E-state index in [1.54, 1.807) is 0 Å². The van der Waals surface area contributed by atoms with Crippen LogP contribution in [0.15, 0.2) is 12.2 Å². The highest BCUT2D eigenvalue weighted by atomic mass is 15.1. The van der Waals surface area contributed by atoms with Crippen LogP contribution < -0.4 is 0 Å². The summed E-state index contributed by atoms with van der Waals surface area (Å²) < 4.78 is 0. The van der Waals surface area contributed by atoms with Crippen LogP contribution in [0.4, 0.5) is 0 Å². The minimum Gasteiger partial charge on any atom is -0.300 e. The molecule has 126 valence electrons. The molecule has 0 amide bonds. The highest BCUT2D eigenvalue weighted by Crippen LogP contribution is 2.09. The van der Waals surface area contributed by atoms with Crippen molar-refractivity contribution in [3.8, 4) is 0 Å². The lowest BCUT2D eigenvalue weighted by molar-refractivity contribution is 0.286. The van der Waals surface area contributed by atoms with Crippen LogP contribution in [0.1, 0.15) is 97.8 Å². The average Bonchev–Trinajstić information content (AvgIpc) is 2.50. The van der Waals surface area contributed by atoms with Crippen LogP contribution >= 0.6 is 0 Å². The number of hydrogen-bond donors (Lipinski definition) is 0. The molecule has 0 N–H and O–H groups in total. The maximum Gasteiger partial charge on any atom is 0.0163 e. The molecule has 0 rings (SSSR count). The van der Waals surface area contributed by atoms with Crippen molar-refractivity contribution < 1.29 is 0 Å². The Hall–Kier alpha value is -0.300. The van der Waals surface area contributed by atoms with Gasteiger partial charge >= 0.3 is 0 Å². The number of allylic oxidation sites excluding steroid dienone is 1. The van der Waals surface area contributed by atoms with Crippen molar-refractivity contribution in [2.24, 2.45) is 0 Å². The molecule has 0 aromatic heterocycles. The second-order valence-electron chi connectivity index (χ2n) is 6.41. The number of rotatable bonds is 16. The van der Waals surface area contributed by atoms with Crippen LogP contribution in [0.2, 0.25) is 0 Å². The van der Waals surface area contributed by atoms with Crippen LogP contribution in [0.3, 0.4) is 0 Å². The summed E-state index contributed by atoms with van der Waals surface area (Å²) in [4.78, 5) is 2.65. The van der Waals surface area contributed by atoms with E-state index in [2.05, 4.69) is 37.8 Å². The molecule has 1 heteroatoms. The van der Waals surface area contributed by atoms with E-state index in [0.717, 1.165) is 6.54 Å². The van der Waals surface area contributed by atoms with Crippen molar-refractivity contribution in [1.29, 1.82) is 0 Å². The van der Waals surface area contributed by atoms with Gasteiger partial charge in [-0.2, -0.15) is 0 Å². The van der Waals surface area contributed by atoms with Gasteiger partial charge in [0.25, 0.3) is 0 Å². The molecule has 0 aliphatic heterocycles. The average molecular weight is 296 g/mol. The van der Waals surface area contributed by atoms with Gasteiger partial charge in [-0.05, 0) is 32.9 Å². The van der Waals surface area contributed by atoms with Crippen molar-refractivity contribution in [2.75, 3.05) is 19.6 Å². The predicted molar refractivity (Wildman–Crippen MR) is 98.0 cm³/mol. The largest absolute Gasteiger partial charge is 0.300 e. The second-order valence-corrected chi connectivity index (χ2v) is 6.41. The van der Waals surface area contributed by atoms with Crippen LogP contribution in [0.5, 0.6) is 0 Å². The molecule has 21 heavy (non-hydrogen) atoms. The Balaban J connectivity index is 3.61. The number of nitrogens with zero attached hydrogens (tertiary/aromatic N) is 1. The standard InChI is InChI=1S/C20H41N/c1-4-7-10-12-14-16-19-21(18-9-6-3)20-17-15-13-11-8-5-2/h6,9H,4-5,7-8,10-20H2,1-3H3/b9-6+. The Bertz CT molecular complexity index is 194. The third-order valence-corrected chi connectivity index (χ3v) is 4.26. The molecule has 0 aliphatic carbocycles. The zero-order valence-electron chi connectivity index (χ0n) is 15.2. The predicted octanol–water partition coefficient (Wildman–Crippen LogP) is 6.59. The molecule has 0 saturated heterocycles. The van der Waals surface area contributed by atoms with E-state index in [9.17, 15) is 0 Å². The van der Waals surface area contributed by atoms with E-state index in [-0.39, 0.29) is 0 Å². The molecular weight excluding hydrogens is 254 g/mol. The van der Waals surface area contributed by atoms with Crippen LogP contribution in [-0.4, -0.2) is 24.5 Å². The fourth-order valence-electron chi connectivity index (χ4n) is 2.78. The smallest absolute Gasteiger partial charge is 0.0163 e. The van der Waals surface area contributed by atoms with Gasteiger partial charge in [-0.1, -0.05) is 90.2 Å². The maximum atomic E-state index is 2.65. The molecule has 1 nitrogen and oxygen atoms in total. The first-order valence-electron chi connectivity index (χ1n) is 9.68. The van der Waals surface area contributed by atoms with Crippen molar-refractivity contribution >= 4 is 0 Å². The van der Waals surface area contributed by atoms with Gasteiger partial charge in [0.2, 0.25) is 0 Å². The lowest BCUT2D eigenvalue weighted by Crippen LogP contribution is -2.26.